The maximum Gasteiger partial charge on any atom is 0.138 e. The number of benzene rings is 1. The van der Waals surface area contributed by atoms with E-state index in [2.05, 4.69) is 86.1 Å². The third kappa shape index (κ3) is 4.16. The van der Waals surface area contributed by atoms with Crippen molar-refractivity contribution in [2.24, 2.45) is 5.41 Å². The van der Waals surface area contributed by atoms with E-state index in [1.54, 1.807) is 6.33 Å². The summed E-state index contributed by atoms with van der Waals surface area (Å²) in [6.07, 6.45) is 3.57. The molecule has 21 heavy (non-hydrogen) atoms. The summed E-state index contributed by atoms with van der Waals surface area (Å²) in [5.74, 6) is 1.06. The molecular weight excluding hydrogens is 394 g/mol. The molecule has 1 aromatic heterocycles. The lowest BCUT2D eigenvalue weighted by Gasteiger charge is -2.30. The van der Waals surface area contributed by atoms with Gasteiger partial charge in [0.2, 0.25) is 0 Å². The third-order valence-electron chi connectivity index (χ3n) is 3.66. The van der Waals surface area contributed by atoms with E-state index in [4.69, 9.17) is 0 Å². The Labute approximate surface area is 143 Å². The number of alkyl halides is 2. The molecule has 1 aromatic carbocycles. The summed E-state index contributed by atoms with van der Waals surface area (Å²) in [5.41, 5.74) is 1.45. The van der Waals surface area contributed by atoms with Gasteiger partial charge >= 0.3 is 0 Å². The first kappa shape index (κ1) is 16.7. The van der Waals surface area contributed by atoms with Crippen molar-refractivity contribution in [3.05, 3.63) is 48.0 Å². The fourth-order valence-corrected chi connectivity index (χ4v) is 4.20. The van der Waals surface area contributed by atoms with Crippen molar-refractivity contribution < 1.29 is 0 Å². The number of hydrogen-bond acceptors (Lipinski definition) is 2. The molecule has 0 fully saturated rings. The van der Waals surface area contributed by atoms with Gasteiger partial charge in [0.1, 0.15) is 12.2 Å². The molecule has 0 radical (unpaired) electrons. The predicted molar refractivity (Wildman–Crippen MR) is 94.3 cm³/mol. The second-order valence-electron chi connectivity index (χ2n) is 5.82. The fraction of sp³-hybridized carbons (Fsp3) is 0.500. The molecule has 2 rings (SSSR count). The smallest absolute Gasteiger partial charge is 0.138 e. The van der Waals surface area contributed by atoms with Crippen LogP contribution < -0.4 is 0 Å². The molecule has 1 heterocycles. The summed E-state index contributed by atoms with van der Waals surface area (Å²) in [6.45, 7) is 4.28. The van der Waals surface area contributed by atoms with E-state index in [1.807, 2.05) is 4.68 Å². The van der Waals surface area contributed by atoms with Crippen molar-refractivity contribution >= 4 is 31.9 Å². The molecular formula is C16H21Br2N3. The molecule has 114 valence electrons. The maximum absolute atomic E-state index is 4.47. The Morgan fingerprint density at radius 1 is 1.10 bits per heavy atom. The summed E-state index contributed by atoms with van der Waals surface area (Å²) < 4.78 is 2.02. The van der Waals surface area contributed by atoms with E-state index in [9.17, 15) is 0 Å². The van der Waals surface area contributed by atoms with Crippen LogP contribution in [0.1, 0.15) is 31.3 Å². The van der Waals surface area contributed by atoms with Crippen LogP contribution in [0.2, 0.25) is 0 Å². The van der Waals surface area contributed by atoms with E-state index < -0.39 is 0 Å². The summed E-state index contributed by atoms with van der Waals surface area (Å²) in [6, 6.07) is 11.0. The Kier molecular flexibility index (Phi) is 5.99. The van der Waals surface area contributed by atoms with E-state index in [-0.39, 0.29) is 5.41 Å². The first-order chi connectivity index (χ1) is 10.1. The second kappa shape index (κ2) is 7.54. The number of hydrogen-bond donors (Lipinski definition) is 0. The summed E-state index contributed by atoms with van der Waals surface area (Å²) in [7, 11) is 0. The number of rotatable bonds is 7. The maximum atomic E-state index is 4.47. The first-order valence-corrected chi connectivity index (χ1v) is 9.39. The van der Waals surface area contributed by atoms with E-state index >= 15 is 0 Å². The predicted octanol–water partition coefficient (Wildman–Crippen LogP) is 4.42. The quantitative estimate of drug-likeness (QED) is 0.627. The zero-order valence-electron chi connectivity index (χ0n) is 12.5. The zero-order valence-corrected chi connectivity index (χ0v) is 15.6. The van der Waals surface area contributed by atoms with Crippen LogP contribution in [0.4, 0.5) is 0 Å². The standard InChI is InChI=1S/C16H21Br2N3/c1-13(2)21-15(19-12-20-21)9-16(10-17,11-18)8-14-6-4-3-5-7-14/h3-7,12-13H,8-11H2,1-2H3. The van der Waals surface area contributed by atoms with E-state index in [0.717, 1.165) is 29.3 Å². The van der Waals surface area contributed by atoms with Crippen molar-refractivity contribution in [3.8, 4) is 0 Å². The molecule has 0 spiro atoms. The lowest BCUT2D eigenvalue weighted by molar-refractivity contribution is 0.359. The Bertz CT molecular complexity index is 548. The van der Waals surface area contributed by atoms with Crippen LogP contribution in [-0.4, -0.2) is 25.4 Å². The number of halogens is 2. The molecule has 0 aliphatic carbocycles. The fourth-order valence-electron chi connectivity index (χ4n) is 2.48. The Morgan fingerprint density at radius 3 is 2.33 bits per heavy atom. The van der Waals surface area contributed by atoms with Gasteiger partial charge < -0.3 is 0 Å². The highest BCUT2D eigenvalue weighted by Gasteiger charge is 2.31. The van der Waals surface area contributed by atoms with Crippen LogP contribution in [0.15, 0.2) is 36.7 Å². The van der Waals surface area contributed by atoms with Crippen LogP contribution in [-0.2, 0) is 12.8 Å². The van der Waals surface area contributed by atoms with Gasteiger partial charge in [0.25, 0.3) is 0 Å². The molecule has 0 saturated heterocycles. The van der Waals surface area contributed by atoms with Gasteiger partial charge in [-0.05, 0) is 25.8 Å². The summed E-state index contributed by atoms with van der Waals surface area (Å²) in [5, 5.41) is 6.19. The molecule has 3 nitrogen and oxygen atoms in total. The SMILES string of the molecule is CC(C)n1ncnc1CC(CBr)(CBr)Cc1ccccc1. The average molecular weight is 415 g/mol. The van der Waals surface area contributed by atoms with E-state index in [0.29, 0.717) is 6.04 Å². The average Bonchev–Trinajstić information content (AvgIpc) is 2.95. The molecule has 0 aliphatic heterocycles. The molecule has 0 saturated carbocycles. The Morgan fingerprint density at radius 2 is 1.76 bits per heavy atom. The van der Waals surface area contributed by atoms with Gasteiger partial charge in [-0.25, -0.2) is 9.67 Å². The van der Waals surface area contributed by atoms with Gasteiger partial charge in [-0.15, -0.1) is 0 Å². The van der Waals surface area contributed by atoms with Crippen molar-refractivity contribution in [1.82, 2.24) is 14.8 Å². The van der Waals surface area contributed by atoms with Gasteiger partial charge in [0.15, 0.2) is 0 Å². The monoisotopic (exact) mass is 413 g/mol. The van der Waals surface area contributed by atoms with Crippen LogP contribution >= 0.6 is 31.9 Å². The first-order valence-electron chi connectivity index (χ1n) is 7.14. The van der Waals surface area contributed by atoms with Crippen molar-refractivity contribution in [1.29, 1.82) is 0 Å². The summed E-state index contributed by atoms with van der Waals surface area (Å²) in [4.78, 5) is 4.47. The molecule has 0 N–H and O–H groups in total. The lowest BCUT2D eigenvalue weighted by Crippen LogP contribution is -2.32. The minimum absolute atomic E-state index is 0.0982. The zero-order chi connectivity index (χ0) is 15.3. The van der Waals surface area contributed by atoms with Crippen LogP contribution in [0.3, 0.4) is 0 Å². The topological polar surface area (TPSA) is 30.7 Å². The molecule has 0 atom stereocenters. The number of aromatic nitrogens is 3. The highest BCUT2D eigenvalue weighted by atomic mass is 79.9. The molecule has 0 unspecified atom stereocenters. The van der Waals surface area contributed by atoms with Gasteiger partial charge in [-0.3, -0.25) is 0 Å². The molecule has 2 aromatic rings. The molecule has 0 aliphatic rings. The van der Waals surface area contributed by atoms with Crippen molar-refractivity contribution in [2.45, 2.75) is 32.7 Å². The minimum Gasteiger partial charge on any atom is -0.248 e. The van der Waals surface area contributed by atoms with Gasteiger partial charge in [-0.1, -0.05) is 62.2 Å². The molecule has 5 heteroatoms. The minimum atomic E-state index is 0.0982. The normalized spacial score (nSPS) is 12.0. The largest absolute Gasteiger partial charge is 0.248 e. The Balaban J connectivity index is 2.23. The number of nitrogens with zero attached hydrogens (tertiary/aromatic N) is 3. The molecule has 0 bridgehead atoms. The molecule has 0 amide bonds. The highest BCUT2D eigenvalue weighted by molar-refractivity contribution is 9.09. The summed E-state index contributed by atoms with van der Waals surface area (Å²) >= 11 is 7.42. The lowest BCUT2D eigenvalue weighted by atomic mass is 9.82. The highest BCUT2D eigenvalue weighted by Crippen LogP contribution is 2.32. The second-order valence-corrected chi connectivity index (χ2v) is 6.94. The van der Waals surface area contributed by atoms with Crippen LogP contribution in [0, 0.1) is 5.41 Å². The Hall–Kier alpha value is -0.680. The van der Waals surface area contributed by atoms with Crippen LogP contribution in [0.5, 0.6) is 0 Å². The van der Waals surface area contributed by atoms with Gasteiger partial charge in [0, 0.05) is 28.5 Å². The van der Waals surface area contributed by atoms with Gasteiger partial charge in [0.05, 0.1) is 0 Å². The third-order valence-corrected chi connectivity index (χ3v) is 6.04. The van der Waals surface area contributed by atoms with Crippen LogP contribution in [0.25, 0.3) is 0 Å². The van der Waals surface area contributed by atoms with Gasteiger partial charge in [-0.2, -0.15) is 5.10 Å². The van der Waals surface area contributed by atoms with Crippen molar-refractivity contribution in [2.75, 3.05) is 10.7 Å². The van der Waals surface area contributed by atoms with E-state index in [1.165, 1.54) is 5.56 Å². The van der Waals surface area contributed by atoms with Crippen molar-refractivity contribution in [3.63, 3.8) is 0 Å².